The van der Waals surface area contributed by atoms with Crippen LogP contribution in [0.4, 0.5) is 0 Å². The van der Waals surface area contributed by atoms with Gasteiger partial charge in [0.05, 0.1) is 17.1 Å². The van der Waals surface area contributed by atoms with Crippen LogP contribution in [0, 0.1) is 0 Å². The van der Waals surface area contributed by atoms with Crippen molar-refractivity contribution in [2.24, 2.45) is 7.05 Å². The van der Waals surface area contributed by atoms with Gasteiger partial charge in [0.25, 0.3) is 0 Å². The highest BCUT2D eigenvalue weighted by molar-refractivity contribution is 6.34. The zero-order valence-corrected chi connectivity index (χ0v) is 11.2. The van der Waals surface area contributed by atoms with Crippen molar-refractivity contribution in [1.82, 2.24) is 9.78 Å². The lowest BCUT2D eigenvalue weighted by Crippen LogP contribution is -2.08. The van der Waals surface area contributed by atoms with Crippen molar-refractivity contribution in [2.75, 3.05) is 0 Å². The van der Waals surface area contributed by atoms with E-state index in [-0.39, 0.29) is 5.78 Å². The summed E-state index contributed by atoms with van der Waals surface area (Å²) in [6, 6.07) is 9.09. The van der Waals surface area contributed by atoms with Crippen molar-refractivity contribution < 1.29 is 4.79 Å². The molecule has 0 spiro atoms. The number of aromatic nitrogens is 2. The average Bonchev–Trinajstić information content (AvgIpc) is 2.70. The highest BCUT2D eigenvalue weighted by Gasteiger charge is 2.13. The molecule has 2 aromatic rings. The molecule has 94 valence electrons. The van der Waals surface area contributed by atoms with Crippen LogP contribution in [-0.4, -0.2) is 15.6 Å². The topological polar surface area (TPSA) is 34.9 Å². The van der Waals surface area contributed by atoms with E-state index in [4.69, 9.17) is 11.6 Å². The van der Waals surface area contributed by atoms with E-state index < -0.39 is 0 Å². The van der Waals surface area contributed by atoms with Gasteiger partial charge in [-0.2, -0.15) is 5.10 Å². The monoisotopic (exact) mass is 262 g/mol. The van der Waals surface area contributed by atoms with E-state index >= 15 is 0 Å². The summed E-state index contributed by atoms with van der Waals surface area (Å²) in [6.07, 6.45) is 1.20. The van der Waals surface area contributed by atoms with E-state index in [0.717, 1.165) is 17.8 Å². The Hall–Kier alpha value is -1.61. The Morgan fingerprint density at radius 2 is 2.11 bits per heavy atom. The van der Waals surface area contributed by atoms with E-state index in [1.165, 1.54) is 0 Å². The van der Waals surface area contributed by atoms with Gasteiger partial charge < -0.3 is 0 Å². The lowest BCUT2D eigenvalue weighted by Gasteiger charge is -2.03. The minimum Gasteiger partial charge on any atom is -0.294 e. The first kappa shape index (κ1) is 12.8. The normalized spacial score (nSPS) is 10.6. The van der Waals surface area contributed by atoms with Gasteiger partial charge in [-0.25, -0.2) is 0 Å². The van der Waals surface area contributed by atoms with Gasteiger partial charge in [-0.15, -0.1) is 0 Å². The molecule has 2 rings (SSSR count). The largest absolute Gasteiger partial charge is 0.294 e. The van der Waals surface area contributed by atoms with Crippen molar-refractivity contribution in [3.8, 4) is 0 Å². The fraction of sp³-hybridized carbons (Fsp3) is 0.286. The Labute approximate surface area is 111 Å². The third-order valence-corrected chi connectivity index (χ3v) is 3.24. The van der Waals surface area contributed by atoms with Gasteiger partial charge in [0, 0.05) is 18.3 Å². The predicted molar refractivity (Wildman–Crippen MR) is 72.1 cm³/mol. The molecule has 1 aromatic heterocycles. The smallest absolute Gasteiger partial charge is 0.170 e. The number of halogens is 1. The number of rotatable bonds is 4. The van der Waals surface area contributed by atoms with Crippen LogP contribution in [0.2, 0.25) is 5.02 Å². The molecule has 0 aliphatic carbocycles. The third kappa shape index (κ3) is 2.62. The average molecular weight is 263 g/mol. The molecule has 1 heterocycles. The Bertz CT molecular complexity index is 575. The molecular formula is C14H15ClN2O. The molecular weight excluding hydrogens is 248 g/mol. The number of hydrogen-bond donors (Lipinski definition) is 0. The molecule has 0 aliphatic heterocycles. The first-order chi connectivity index (χ1) is 8.61. The molecule has 0 saturated heterocycles. The number of nitrogens with zero attached hydrogens (tertiary/aromatic N) is 2. The lowest BCUT2D eigenvalue weighted by molar-refractivity contribution is 0.0991. The molecule has 0 unspecified atom stereocenters. The zero-order chi connectivity index (χ0) is 13.1. The molecule has 1 aromatic carbocycles. The van der Waals surface area contributed by atoms with Crippen LogP contribution >= 0.6 is 11.6 Å². The molecule has 0 N–H and O–H groups in total. The Morgan fingerprint density at radius 1 is 1.39 bits per heavy atom. The lowest BCUT2D eigenvalue weighted by atomic mass is 10.1. The molecule has 3 nitrogen and oxygen atoms in total. The summed E-state index contributed by atoms with van der Waals surface area (Å²) in [7, 11) is 1.86. The summed E-state index contributed by atoms with van der Waals surface area (Å²) in [6.45, 7) is 2.04. The summed E-state index contributed by atoms with van der Waals surface area (Å²) in [5.74, 6) is 0.0197. The minimum absolute atomic E-state index is 0.0197. The fourth-order valence-corrected chi connectivity index (χ4v) is 2.10. The van der Waals surface area contributed by atoms with E-state index in [9.17, 15) is 4.79 Å². The fourth-order valence-electron chi connectivity index (χ4n) is 1.86. The number of Topliss-reactive ketones (excluding diaryl/α,β-unsaturated/α-hetero) is 1. The molecule has 0 saturated carbocycles. The van der Waals surface area contributed by atoms with Crippen molar-refractivity contribution in [3.05, 3.63) is 52.3 Å². The molecule has 0 bridgehead atoms. The standard InChI is InChI=1S/C14H15ClN2O/c1-3-10-8-11(17(2)16-10)9-14(18)12-6-4-5-7-13(12)15/h4-8H,3,9H2,1-2H3. The van der Waals surface area contributed by atoms with Gasteiger partial charge in [0.1, 0.15) is 0 Å². The van der Waals surface area contributed by atoms with Crippen molar-refractivity contribution >= 4 is 17.4 Å². The second-order valence-corrected chi connectivity index (χ2v) is 4.59. The zero-order valence-electron chi connectivity index (χ0n) is 10.5. The molecule has 18 heavy (non-hydrogen) atoms. The highest BCUT2D eigenvalue weighted by atomic mass is 35.5. The number of carbonyl (C=O) groups is 1. The SMILES string of the molecule is CCc1cc(CC(=O)c2ccccc2Cl)n(C)n1. The van der Waals surface area contributed by atoms with Crippen LogP contribution in [0.5, 0.6) is 0 Å². The first-order valence-corrected chi connectivity index (χ1v) is 6.29. The highest BCUT2D eigenvalue weighted by Crippen LogP contribution is 2.17. The van der Waals surface area contributed by atoms with Crippen LogP contribution in [-0.2, 0) is 19.9 Å². The molecule has 4 heteroatoms. The number of hydrogen-bond acceptors (Lipinski definition) is 2. The third-order valence-electron chi connectivity index (χ3n) is 2.91. The molecule has 0 radical (unpaired) electrons. The van der Waals surface area contributed by atoms with Gasteiger partial charge in [-0.05, 0) is 24.6 Å². The first-order valence-electron chi connectivity index (χ1n) is 5.91. The van der Waals surface area contributed by atoms with E-state index in [2.05, 4.69) is 5.10 Å². The van der Waals surface area contributed by atoms with Crippen molar-refractivity contribution in [1.29, 1.82) is 0 Å². The van der Waals surface area contributed by atoms with E-state index in [0.29, 0.717) is 17.0 Å². The number of aryl methyl sites for hydroxylation is 2. The molecule has 0 amide bonds. The summed E-state index contributed by atoms with van der Waals surface area (Å²) >= 11 is 6.01. The Balaban J connectivity index is 2.21. The maximum Gasteiger partial charge on any atom is 0.170 e. The number of benzene rings is 1. The van der Waals surface area contributed by atoms with Crippen LogP contribution in [0.3, 0.4) is 0 Å². The maximum absolute atomic E-state index is 12.2. The number of carbonyl (C=O) groups excluding carboxylic acids is 1. The van der Waals surface area contributed by atoms with Crippen LogP contribution in [0.15, 0.2) is 30.3 Å². The molecule has 0 atom stereocenters. The van der Waals surface area contributed by atoms with Crippen molar-refractivity contribution in [3.63, 3.8) is 0 Å². The summed E-state index contributed by atoms with van der Waals surface area (Å²) in [5, 5.41) is 4.83. The van der Waals surface area contributed by atoms with Gasteiger partial charge in [0.15, 0.2) is 5.78 Å². The second-order valence-electron chi connectivity index (χ2n) is 4.18. The maximum atomic E-state index is 12.2. The Morgan fingerprint density at radius 3 is 2.72 bits per heavy atom. The van der Waals surface area contributed by atoms with Gasteiger partial charge in [-0.3, -0.25) is 9.48 Å². The summed E-state index contributed by atoms with van der Waals surface area (Å²) in [5.41, 5.74) is 2.48. The summed E-state index contributed by atoms with van der Waals surface area (Å²) < 4.78 is 1.76. The van der Waals surface area contributed by atoms with E-state index in [1.807, 2.05) is 32.2 Å². The number of ketones is 1. The van der Waals surface area contributed by atoms with Gasteiger partial charge in [0.2, 0.25) is 0 Å². The van der Waals surface area contributed by atoms with Gasteiger partial charge >= 0.3 is 0 Å². The second kappa shape index (κ2) is 5.36. The quantitative estimate of drug-likeness (QED) is 0.794. The van der Waals surface area contributed by atoms with Crippen molar-refractivity contribution in [2.45, 2.75) is 19.8 Å². The van der Waals surface area contributed by atoms with Crippen LogP contribution in [0.25, 0.3) is 0 Å². The minimum atomic E-state index is 0.0197. The van der Waals surface area contributed by atoms with E-state index in [1.54, 1.807) is 16.8 Å². The molecule has 0 fully saturated rings. The van der Waals surface area contributed by atoms with Crippen LogP contribution < -0.4 is 0 Å². The Kier molecular flexibility index (Phi) is 3.82. The van der Waals surface area contributed by atoms with Gasteiger partial charge in [-0.1, -0.05) is 30.7 Å². The summed E-state index contributed by atoms with van der Waals surface area (Å²) in [4.78, 5) is 12.2. The predicted octanol–water partition coefficient (Wildman–Crippen LogP) is 3.06. The molecule has 0 aliphatic rings. The van der Waals surface area contributed by atoms with Crippen LogP contribution in [0.1, 0.15) is 28.7 Å².